The van der Waals surface area contributed by atoms with Crippen molar-refractivity contribution in [3.63, 3.8) is 0 Å². The molecule has 2 heterocycles. The van der Waals surface area contributed by atoms with Crippen molar-refractivity contribution >= 4 is 39.1 Å². The second-order valence-electron chi connectivity index (χ2n) is 6.50. The van der Waals surface area contributed by atoms with Gasteiger partial charge in [0.1, 0.15) is 16.2 Å². The number of rotatable bonds is 8. The Hall–Kier alpha value is -3.10. The smallest absolute Gasteiger partial charge is 0.203 e. The number of ketones is 1. The van der Waals surface area contributed by atoms with E-state index in [0.29, 0.717) is 22.8 Å². The van der Waals surface area contributed by atoms with Gasteiger partial charge in [-0.2, -0.15) is 0 Å². The molecular formula is C23H20N2O4S2. The summed E-state index contributed by atoms with van der Waals surface area (Å²) in [5, 5.41) is 1.73. The van der Waals surface area contributed by atoms with Crippen molar-refractivity contribution in [1.82, 2.24) is 9.97 Å². The van der Waals surface area contributed by atoms with Gasteiger partial charge in [-0.3, -0.25) is 4.79 Å². The maximum absolute atomic E-state index is 12.9. The molecule has 0 N–H and O–H groups in total. The molecule has 2 aromatic carbocycles. The fraction of sp³-hybridized carbons (Fsp3) is 0.174. The Kier molecular flexibility index (Phi) is 6.39. The van der Waals surface area contributed by atoms with Crippen LogP contribution in [0.25, 0.3) is 20.7 Å². The Balaban J connectivity index is 1.58. The Morgan fingerprint density at radius 2 is 1.68 bits per heavy atom. The molecule has 0 spiro atoms. The molecule has 0 saturated heterocycles. The van der Waals surface area contributed by atoms with Gasteiger partial charge in [-0.15, -0.1) is 11.3 Å². The number of thioether (sulfide) groups is 1. The van der Waals surface area contributed by atoms with Gasteiger partial charge in [0.05, 0.1) is 27.1 Å². The molecule has 2 aromatic heterocycles. The van der Waals surface area contributed by atoms with E-state index in [1.54, 1.807) is 29.8 Å². The lowest BCUT2D eigenvalue weighted by atomic mass is 10.1. The first kappa shape index (κ1) is 21.1. The normalized spacial score (nSPS) is 10.8. The van der Waals surface area contributed by atoms with Gasteiger partial charge in [0.25, 0.3) is 0 Å². The summed E-state index contributed by atoms with van der Waals surface area (Å²) in [6, 6.07) is 15.6. The number of Topliss-reactive ketones (excluding diaryl/α,β-unsaturated/α-hetero) is 1. The summed E-state index contributed by atoms with van der Waals surface area (Å²) in [5.74, 6) is 1.52. The number of carbonyl (C=O) groups is 1. The second-order valence-corrected chi connectivity index (χ2v) is 8.49. The van der Waals surface area contributed by atoms with E-state index in [4.69, 9.17) is 14.2 Å². The van der Waals surface area contributed by atoms with Crippen molar-refractivity contribution in [2.45, 2.75) is 5.03 Å². The van der Waals surface area contributed by atoms with E-state index >= 15 is 0 Å². The Morgan fingerprint density at radius 3 is 2.32 bits per heavy atom. The number of nitrogens with zero attached hydrogens (tertiary/aromatic N) is 2. The van der Waals surface area contributed by atoms with Crippen LogP contribution in [0.15, 0.2) is 59.9 Å². The molecule has 31 heavy (non-hydrogen) atoms. The summed E-state index contributed by atoms with van der Waals surface area (Å²) in [6.45, 7) is 0. The van der Waals surface area contributed by atoms with E-state index in [1.807, 2.05) is 18.2 Å². The first-order chi connectivity index (χ1) is 15.1. The van der Waals surface area contributed by atoms with Gasteiger partial charge in [-0.25, -0.2) is 9.97 Å². The molecular weight excluding hydrogens is 432 g/mol. The number of aromatic nitrogens is 2. The lowest BCUT2D eigenvalue weighted by Gasteiger charge is -2.13. The van der Waals surface area contributed by atoms with Gasteiger partial charge in [0, 0.05) is 15.8 Å². The molecule has 0 fully saturated rings. The largest absolute Gasteiger partial charge is 0.493 e. The SMILES string of the molecule is COc1cc(C(=O)CSc2ncnc3sc(-c4ccccc4)cc23)cc(OC)c1OC. The highest BCUT2D eigenvalue weighted by Crippen LogP contribution is 2.39. The number of ether oxygens (including phenoxy) is 3. The van der Waals surface area contributed by atoms with Crippen LogP contribution >= 0.6 is 23.1 Å². The molecule has 0 atom stereocenters. The zero-order valence-corrected chi connectivity index (χ0v) is 18.9. The summed E-state index contributed by atoms with van der Waals surface area (Å²) in [5.41, 5.74) is 1.62. The summed E-state index contributed by atoms with van der Waals surface area (Å²) < 4.78 is 16.0. The van der Waals surface area contributed by atoms with E-state index in [-0.39, 0.29) is 11.5 Å². The van der Waals surface area contributed by atoms with Gasteiger partial charge < -0.3 is 14.2 Å². The quantitative estimate of drug-likeness (QED) is 0.202. The fourth-order valence-corrected chi connectivity index (χ4v) is 5.09. The molecule has 0 radical (unpaired) electrons. The van der Waals surface area contributed by atoms with Crippen molar-refractivity contribution < 1.29 is 19.0 Å². The van der Waals surface area contributed by atoms with Gasteiger partial charge in [-0.1, -0.05) is 42.1 Å². The average Bonchev–Trinajstić information content (AvgIpc) is 3.27. The molecule has 4 aromatic rings. The topological polar surface area (TPSA) is 70.5 Å². The van der Waals surface area contributed by atoms with Crippen molar-refractivity contribution in [1.29, 1.82) is 0 Å². The lowest BCUT2D eigenvalue weighted by molar-refractivity contribution is 0.102. The van der Waals surface area contributed by atoms with Crippen LogP contribution in [0.2, 0.25) is 0 Å². The number of benzene rings is 2. The van der Waals surface area contributed by atoms with Crippen LogP contribution in [0.1, 0.15) is 10.4 Å². The minimum Gasteiger partial charge on any atom is -0.493 e. The average molecular weight is 453 g/mol. The van der Waals surface area contributed by atoms with Crippen LogP contribution in [0.5, 0.6) is 17.2 Å². The highest BCUT2D eigenvalue weighted by atomic mass is 32.2. The third kappa shape index (κ3) is 4.35. The lowest BCUT2D eigenvalue weighted by Crippen LogP contribution is -2.05. The van der Waals surface area contributed by atoms with Crippen LogP contribution in [0, 0.1) is 0 Å². The number of carbonyl (C=O) groups excluding carboxylic acids is 1. The van der Waals surface area contributed by atoms with E-state index in [2.05, 4.69) is 28.2 Å². The van der Waals surface area contributed by atoms with Gasteiger partial charge in [0.2, 0.25) is 5.75 Å². The second kappa shape index (κ2) is 9.36. The number of methoxy groups -OCH3 is 3. The number of thiophene rings is 1. The Bertz CT molecular complexity index is 1200. The van der Waals surface area contributed by atoms with E-state index in [0.717, 1.165) is 25.7 Å². The summed E-state index contributed by atoms with van der Waals surface area (Å²) in [4.78, 5) is 23.7. The molecule has 0 bridgehead atoms. The van der Waals surface area contributed by atoms with Crippen LogP contribution < -0.4 is 14.2 Å². The molecule has 0 aliphatic rings. The highest BCUT2D eigenvalue weighted by Gasteiger charge is 2.18. The molecule has 8 heteroatoms. The summed E-state index contributed by atoms with van der Waals surface area (Å²) in [7, 11) is 4.58. The first-order valence-electron chi connectivity index (χ1n) is 9.40. The minimum atomic E-state index is -0.0606. The Labute approximate surface area is 188 Å². The molecule has 0 unspecified atom stereocenters. The van der Waals surface area contributed by atoms with Crippen LogP contribution in [0.4, 0.5) is 0 Å². The zero-order valence-electron chi connectivity index (χ0n) is 17.2. The van der Waals surface area contributed by atoms with Crippen LogP contribution in [0.3, 0.4) is 0 Å². The molecule has 158 valence electrons. The van der Waals surface area contributed by atoms with Crippen molar-refractivity contribution in [2.75, 3.05) is 27.1 Å². The van der Waals surface area contributed by atoms with Gasteiger partial charge in [0.15, 0.2) is 17.3 Å². The predicted octanol–water partition coefficient (Wildman–Crippen LogP) is 5.36. The fourth-order valence-electron chi connectivity index (χ4n) is 3.15. The minimum absolute atomic E-state index is 0.0606. The van der Waals surface area contributed by atoms with Crippen molar-refractivity contribution in [3.05, 3.63) is 60.4 Å². The van der Waals surface area contributed by atoms with Gasteiger partial charge in [-0.05, 0) is 23.8 Å². The predicted molar refractivity (Wildman–Crippen MR) is 124 cm³/mol. The maximum atomic E-state index is 12.9. The third-order valence-electron chi connectivity index (χ3n) is 4.68. The molecule has 4 rings (SSSR count). The van der Waals surface area contributed by atoms with Crippen LogP contribution in [-0.2, 0) is 0 Å². The summed E-state index contributed by atoms with van der Waals surface area (Å²) >= 11 is 3.00. The van der Waals surface area contributed by atoms with Crippen LogP contribution in [-0.4, -0.2) is 42.8 Å². The molecule has 6 nitrogen and oxygen atoms in total. The molecule has 0 aliphatic carbocycles. The zero-order chi connectivity index (χ0) is 21.8. The monoisotopic (exact) mass is 452 g/mol. The summed E-state index contributed by atoms with van der Waals surface area (Å²) in [6.07, 6.45) is 1.54. The van der Waals surface area contributed by atoms with Gasteiger partial charge >= 0.3 is 0 Å². The maximum Gasteiger partial charge on any atom is 0.203 e. The van der Waals surface area contributed by atoms with E-state index < -0.39 is 0 Å². The number of fused-ring (bicyclic) bond motifs is 1. The van der Waals surface area contributed by atoms with E-state index in [9.17, 15) is 4.79 Å². The highest BCUT2D eigenvalue weighted by molar-refractivity contribution is 8.00. The number of hydrogen-bond donors (Lipinski definition) is 0. The van der Waals surface area contributed by atoms with Crippen molar-refractivity contribution in [2.24, 2.45) is 0 Å². The first-order valence-corrected chi connectivity index (χ1v) is 11.2. The third-order valence-corrected chi connectivity index (χ3v) is 6.78. The molecule has 0 amide bonds. The number of hydrogen-bond acceptors (Lipinski definition) is 8. The standard InChI is InChI=1S/C23H20N2O4S2/c1-27-18-9-15(10-19(28-2)21(18)29-3)17(26)12-30-22-16-11-20(14-7-5-4-6-8-14)31-23(16)25-13-24-22/h4-11,13H,12H2,1-3H3. The Morgan fingerprint density at radius 1 is 0.968 bits per heavy atom. The van der Waals surface area contributed by atoms with E-state index in [1.165, 1.54) is 33.1 Å². The molecule has 0 aliphatic heterocycles. The molecule has 0 saturated carbocycles. The van der Waals surface area contributed by atoms with Crippen molar-refractivity contribution in [3.8, 4) is 27.7 Å².